The Bertz CT molecular complexity index is 436. The summed E-state index contributed by atoms with van der Waals surface area (Å²) in [5.74, 6) is 0.955. The minimum Gasteiger partial charge on any atom is -0.380 e. The Morgan fingerprint density at radius 2 is 2.05 bits per heavy atom. The van der Waals surface area contributed by atoms with Gasteiger partial charge in [-0.25, -0.2) is 0 Å². The van der Waals surface area contributed by atoms with E-state index in [1.165, 1.54) is 5.56 Å². The van der Waals surface area contributed by atoms with Crippen molar-refractivity contribution in [2.45, 2.75) is 45.8 Å². The number of aryl methyl sites for hydroxylation is 1. The summed E-state index contributed by atoms with van der Waals surface area (Å²) in [6.07, 6.45) is 3.20. The second-order valence-electron chi connectivity index (χ2n) is 4.93. The van der Waals surface area contributed by atoms with Gasteiger partial charge in [0, 0.05) is 32.3 Å². The monoisotopic (exact) mass is 264 g/mol. The van der Waals surface area contributed by atoms with Gasteiger partial charge in [-0.1, -0.05) is 13.8 Å². The van der Waals surface area contributed by atoms with Gasteiger partial charge in [0.05, 0.1) is 11.8 Å². The Morgan fingerprint density at radius 1 is 1.26 bits per heavy atom. The third-order valence-corrected chi connectivity index (χ3v) is 3.92. The number of nitrogens with zero attached hydrogens (tertiary/aromatic N) is 3. The van der Waals surface area contributed by atoms with Crippen molar-refractivity contribution in [3.05, 3.63) is 16.8 Å². The van der Waals surface area contributed by atoms with Crippen LogP contribution in [-0.2, 0) is 24.1 Å². The number of nitrogens with two attached hydrogens (primary N) is 1. The molecule has 5 nitrogen and oxygen atoms in total. The van der Waals surface area contributed by atoms with Crippen LogP contribution in [-0.4, -0.2) is 36.5 Å². The minimum absolute atomic E-state index is 0.295. The van der Waals surface area contributed by atoms with Crippen molar-refractivity contribution in [1.29, 1.82) is 0 Å². The van der Waals surface area contributed by atoms with E-state index < -0.39 is 0 Å². The second kappa shape index (κ2) is 6.30. The molecule has 1 aliphatic heterocycles. The van der Waals surface area contributed by atoms with Gasteiger partial charge in [-0.3, -0.25) is 0 Å². The maximum Gasteiger partial charge on any atom is 0.156 e. The fraction of sp³-hybridized carbons (Fsp3) is 0.714. The van der Waals surface area contributed by atoms with E-state index >= 15 is 0 Å². The summed E-state index contributed by atoms with van der Waals surface area (Å²) in [5.41, 5.74) is 9.47. The molecule has 0 spiro atoms. The number of rotatable bonds is 5. The van der Waals surface area contributed by atoms with Crippen LogP contribution in [0.2, 0.25) is 0 Å². The quantitative estimate of drug-likeness (QED) is 0.868. The first-order chi connectivity index (χ1) is 9.24. The molecule has 2 heterocycles. The fourth-order valence-corrected chi connectivity index (χ4v) is 2.82. The van der Waals surface area contributed by atoms with Crippen LogP contribution in [0.1, 0.15) is 37.1 Å². The van der Waals surface area contributed by atoms with Crippen molar-refractivity contribution in [1.82, 2.24) is 10.2 Å². The molecule has 1 aromatic rings. The molecular formula is C14H24N4O. The largest absolute Gasteiger partial charge is 0.380 e. The molecule has 2 rings (SSSR count). The van der Waals surface area contributed by atoms with Gasteiger partial charge in [-0.05, 0) is 24.8 Å². The van der Waals surface area contributed by atoms with Crippen LogP contribution in [0, 0.1) is 0 Å². The van der Waals surface area contributed by atoms with E-state index in [2.05, 4.69) is 28.9 Å². The van der Waals surface area contributed by atoms with E-state index in [0.29, 0.717) is 12.6 Å². The zero-order valence-electron chi connectivity index (χ0n) is 12.1. The first-order valence-corrected chi connectivity index (χ1v) is 7.10. The molecule has 106 valence electrons. The molecule has 1 unspecified atom stereocenters. The molecule has 1 saturated heterocycles. The number of ether oxygens (including phenoxy) is 1. The average Bonchev–Trinajstić information content (AvgIpc) is 2.94. The van der Waals surface area contributed by atoms with Crippen LogP contribution < -0.4 is 10.6 Å². The normalized spacial score (nSPS) is 19.2. The highest BCUT2D eigenvalue weighted by molar-refractivity contribution is 5.52. The number of hydrogen-bond donors (Lipinski definition) is 1. The molecule has 0 saturated carbocycles. The summed E-state index contributed by atoms with van der Waals surface area (Å²) in [4.78, 5) is 2.25. The lowest BCUT2D eigenvalue weighted by Crippen LogP contribution is -2.26. The summed E-state index contributed by atoms with van der Waals surface area (Å²) in [6.45, 7) is 6.64. The minimum atomic E-state index is 0.295. The van der Waals surface area contributed by atoms with Crippen LogP contribution in [0.3, 0.4) is 0 Å². The first-order valence-electron chi connectivity index (χ1n) is 7.10. The van der Waals surface area contributed by atoms with Crippen molar-refractivity contribution < 1.29 is 4.74 Å². The zero-order chi connectivity index (χ0) is 13.8. The van der Waals surface area contributed by atoms with Gasteiger partial charge in [0.15, 0.2) is 5.82 Å². The molecule has 1 atom stereocenters. The topological polar surface area (TPSA) is 64.3 Å². The molecule has 0 amide bonds. The maximum atomic E-state index is 5.96. The highest BCUT2D eigenvalue weighted by Gasteiger charge is 2.26. The van der Waals surface area contributed by atoms with Gasteiger partial charge in [-0.2, -0.15) is 5.10 Å². The van der Waals surface area contributed by atoms with E-state index in [1.54, 1.807) is 7.11 Å². The lowest BCUT2D eigenvalue weighted by Gasteiger charge is -2.22. The lowest BCUT2D eigenvalue weighted by atomic mass is 10.0. The molecule has 0 bridgehead atoms. The van der Waals surface area contributed by atoms with E-state index in [0.717, 1.165) is 49.4 Å². The van der Waals surface area contributed by atoms with E-state index in [-0.39, 0.29) is 0 Å². The van der Waals surface area contributed by atoms with Crippen LogP contribution in [0.5, 0.6) is 0 Å². The Hall–Kier alpha value is -1.20. The van der Waals surface area contributed by atoms with Gasteiger partial charge >= 0.3 is 0 Å². The predicted molar refractivity (Wildman–Crippen MR) is 76.3 cm³/mol. The molecule has 0 aromatic carbocycles. The van der Waals surface area contributed by atoms with E-state index in [4.69, 9.17) is 10.5 Å². The van der Waals surface area contributed by atoms with Gasteiger partial charge in [0.1, 0.15) is 0 Å². The molecule has 0 aliphatic carbocycles. The van der Waals surface area contributed by atoms with Crippen molar-refractivity contribution in [3.63, 3.8) is 0 Å². The Balaban J connectivity index is 2.35. The summed E-state index contributed by atoms with van der Waals surface area (Å²) >= 11 is 0. The molecular weight excluding hydrogens is 240 g/mol. The van der Waals surface area contributed by atoms with Gasteiger partial charge < -0.3 is 15.4 Å². The molecule has 1 fully saturated rings. The van der Waals surface area contributed by atoms with Crippen LogP contribution in [0.25, 0.3) is 0 Å². The average molecular weight is 264 g/mol. The number of methoxy groups -OCH3 is 1. The summed E-state index contributed by atoms with van der Waals surface area (Å²) in [6, 6.07) is 0. The van der Waals surface area contributed by atoms with Crippen molar-refractivity contribution in [3.8, 4) is 0 Å². The maximum absolute atomic E-state index is 5.96. The van der Waals surface area contributed by atoms with Crippen LogP contribution >= 0.6 is 0 Å². The van der Waals surface area contributed by atoms with Crippen molar-refractivity contribution >= 4 is 5.82 Å². The number of anilines is 1. The van der Waals surface area contributed by atoms with E-state index in [9.17, 15) is 0 Å². The summed E-state index contributed by atoms with van der Waals surface area (Å²) in [7, 11) is 1.77. The fourth-order valence-electron chi connectivity index (χ4n) is 2.82. The first kappa shape index (κ1) is 14.2. The van der Waals surface area contributed by atoms with Gasteiger partial charge in [0.25, 0.3) is 0 Å². The number of hydrogen-bond acceptors (Lipinski definition) is 5. The Kier molecular flexibility index (Phi) is 4.71. The SMILES string of the molecule is CCc1nnc(N2CCC(OC)C2)c(CN)c1CC. The van der Waals surface area contributed by atoms with Crippen LogP contribution in [0.15, 0.2) is 0 Å². The van der Waals surface area contributed by atoms with Crippen molar-refractivity contribution in [2.75, 3.05) is 25.1 Å². The van der Waals surface area contributed by atoms with Crippen molar-refractivity contribution in [2.24, 2.45) is 5.73 Å². The third-order valence-electron chi connectivity index (χ3n) is 3.92. The summed E-state index contributed by atoms with van der Waals surface area (Å²) in [5, 5.41) is 8.80. The van der Waals surface area contributed by atoms with Gasteiger partial charge in [0.2, 0.25) is 0 Å². The second-order valence-corrected chi connectivity index (χ2v) is 4.93. The highest BCUT2D eigenvalue weighted by atomic mass is 16.5. The molecule has 0 radical (unpaired) electrons. The highest BCUT2D eigenvalue weighted by Crippen LogP contribution is 2.27. The third kappa shape index (κ3) is 2.72. The molecule has 19 heavy (non-hydrogen) atoms. The molecule has 1 aliphatic rings. The Morgan fingerprint density at radius 3 is 2.58 bits per heavy atom. The van der Waals surface area contributed by atoms with Gasteiger partial charge in [-0.15, -0.1) is 5.10 Å². The molecule has 2 N–H and O–H groups in total. The van der Waals surface area contributed by atoms with E-state index in [1.807, 2.05) is 0 Å². The lowest BCUT2D eigenvalue weighted by molar-refractivity contribution is 0.121. The Labute approximate surface area is 115 Å². The molecule has 1 aromatic heterocycles. The standard InChI is InChI=1S/C14H24N4O/c1-4-11-12(8-15)14(17-16-13(11)5-2)18-7-6-10(9-18)19-3/h10H,4-9,15H2,1-3H3. The van der Waals surface area contributed by atoms with Crippen LogP contribution in [0.4, 0.5) is 5.82 Å². The smallest absolute Gasteiger partial charge is 0.156 e. The summed E-state index contributed by atoms with van der Waals surface area (Å²) < 4.78 is 5.42. The molecule has 5 heteroatoms. The zero-order valence-corrected chi connectivity index (χ0v) is 12.1. The number of aromatic nitrogens is 2. The predicted octanol–water partition coefficient (Wildman–Crippen LogP) is 1.29.